The first-order valence-corrected chi connectivity index (χ1v) is 6.19. The van der Waals surface area contributed by atoms with E-state index in [1.54, 1.807) is 0 Å². The normalized spacial score (nSPS) is 9.12. The smallest absolute Gasteiger partial charge is 0.408 e. The third-order valence-electron chi connectivity index (χ3n) is 2.41. The van der Waals surface area contributed by atoms with E-state index in [1.807, 2.05) is 54.5 Å². The van der Waals surface area contributed by atoms with Crippen molar-refractivity contribution in [1.29, 1.82) is 0 Å². The van der Waals surface area contributed by atoms with Crippen molar-refractivity contribution in [2.24, 2.45) is 0 Å². The molecule has 0 radical (unpaired) electrons. The minimum absolute atomic E-state index is 0.383. The number of nitrogens with one attached hydrogen (secondary N) is 1. The van der Waals surface area contributed by atoms with Gasteiger partial charge in [-0.1, -0.05) is 33.8 Å². The second kappa shape index (κ2) is 6.94. The van der Waals surface area contributed by atoms with Gasteiger partial charge in [0.25, 0.3) is 0 Å². The van der Waals surface area contributed by atoms with Gasteiger partial charge in [-0.05, 0) is 37.5 Å². The molecule has 0 fully saturated rings. The third-order valence-corrected chi connectivity index (χ3v) is 2.41. The number of benzene rings is 1. The maximum atomic E-state index is 11.0. The van der Waals surface area contributed by atoms with Crippen LogP contribution in [0.4, 0.5) is 0 Å². The zero-order valence-electron chi connectivity index (χ0n) is 11.9. The van der Waals surface area contributed by atoms with Gasteiger partial charge in [-0.15, -0.1) is 0 Å². The van der Waals surface area contributed by atoms with E-state index in [0.29, 0.717) is 5.58 Å². The molecule has 1 heterocycles. The van der Waals surface area contributed by atoms with E-state index < -0.39 is 0 Å². The van der Waals surface area contributed by atoms with Crippen molar-refractivity contribution in [3.8, 4) is 0 Å². The molecule has 0 bridgehead atoms. The Kier molecular flexibility index (Phi) is 6.33. The molecule has 17 heavy (non-hydrogen) atoms. The predicted octanol–water partition coefficient (Wildman–Crippen LogP) is 4.10. The van der Waals surface area contributed by atoms with E-state index in [9.17, 15) is 4.79 Å². The molecule has 0 saturated carbocycles. The van der Waals surface area contributed by atoms with Crippen LogP contribution >= 0.6 is 0 Å². The summed E-state index contributed by atoms with van der Waals surface area (Å²) < 4.78 is 5.02. The molecule has 0 amide bonds. The molecule has 0 saturated heterocycles. The average molecular weight is 237 g/mol. The van der Waals surface area contributed by atoms with Crippen LogP contribution in [0.1, 0.15) is 44.4 Å². The van der Waals surface area contributed by atoms with Crippen LogP contribution in [0.2, 0.25) is 0 Å². The third kappa shape index (κ3) is 3.22. The molecule has 96 valence electrons. The van der Waals surface area contributed by atoms with Gasteiger partial charge in [0.2, 0.25) is 0 Å². The summed E-state index contributed by atoms with van der Waals surface area (Å²) in [5.74, 6) is -0.383. The summed E-state index contributed by atoms with van der Waals surface area (Å²) in [6.07, 6.45) is 0. The molecule has 0 aliphatic heterocycles. The van der Waals surface area contributed by atoms with Gasteiger partial charge in [0.1, 0.15) is 0 Å². The Morgan fingerprint density at radius 2 is 1.53 bits per heavy atom. The van der Waals surface area contributed by atoms with Crippen molar-refractivity contribution in [2.45, 2.75) is 48.5 Å². The zero-order valence-corrected chi connectivity index (χ0v) is 11.9. The van der Waals surface area contributed by atoms with Crippen molar-refractivity contribution in [1.82, 2.24) is 4.98 Å². The van der Waals surface area contributed by atoms with Gasteiger partial charge in [0.15, 0.2) is 5.58 Å². The van der Waals surface area contributed by atoms with E-state index in [4.69, 9.17) is 4.42 Å². The molecular formula is C14H23NO2. The number of rotatable bonds is 0. The first kappa shape index (κ1) is 15.5. The molecule has 2 aromatic rings. The minimum atomic E-state index is -0.383. The Hall–Kier alpha value is -1.51. The van der Waals surface area contributed by atoms with Crippen molar-refractivity contribution in [3.05, 3.63) is 33.3 Å². The topological polar surface area (TPSA) is 46.0 Å². The molecule has 0 unspecified atom stereocenters. The standard InChI is InChI=1S/C10H11NO2.2C2H6/c1-5-4-6(2)9-8(7(5)3)11-10(12)13-9;2*1-2/h4H,1-3H3,(H,11,12);2*1-2H3. The lowest BCUT2D eigenvalue weighted by Gasteiger charge is -2.01. The van der Waals surface area contributed by atoms with Gasteiger partial charge in [-0.3, -0.25) is 4.98 Å². The number of oxazole rings is 1. The maximum absolute atomic E-state index is 11.0. The Morgan fingerprint density at radius 1 is 1.00 bits per heavy atom. The number of aromatic amines is 1. The van der Waals surface area contributed by atoms with Gasteiger partial charge in [0, 0.05) is 0 Å². The van der Waals surface area contributed by atoms with Crippen LogP contribution < -0.4 is 5.76 Å². The van der Waals surface area contributed by atoms with E-state index in [-0.39, 0.29) is 5.76 Å². The summed E-state index contributed by atoms with van der Waals surface area (Å²) in [4.78, 5) is 13.7. The molecule has 1 aromatic heterocycles. The number of H-pyrrole nitrogens is 1. The van der Waals surface area contributed by atoms with Crippen molar-refractivity contribution < 1.29 is 4.42 Å². The lowest BCUT2D eigenvalue weighted by Crippen LogP contribution is -1.93. The quantitative estimate of drug-likeness (QED) is 0.749. The molecule has 3 nitrogen and oxygen atoms in total. The largest absolute Gasteiger partial charge is 0.417 e. The number of aryl methyl sites for hydroxylation is 3. The van der Waals surface area contributed by atoms with Crippen molar-refractivity contribution in [2.75, 3.05) is 0 Å². The summed E-state index contributed by atoms with van der Waals surface area (Å²) >= 11 is 0. The van der Waals surface area contributed by atoms with Gasteiger partial charge in [-0.25, -0.2) is 4.79 Å². The number of fused-ring (bicyclic) bond motifs is 1. The maximum Gasteiger partial charge on any atom is 0.417 e. The van der Waals surface area contributed by atoms with Crippen LogP contribution in [0.5, 0.6) is 0 Å². The summed E-state index contributed by atoms with van der Waals surface area (Å²) in [6.45, 7) is 13.9. The highest BCUT2D eigenvalue weighted by Gasteiger charge is 2.08. The molecule has 3 heteroatoms. The first-order valence-electron chi connectivity index (χ1n) is 6.19. The molecule has 1 N–H and O–H groups in total. The highest BCUT2D eigenvalue weighted by molar-refractivity contribution is 5.80. The Bertz CT molecular complexity index is 521. The average Bonchev–Trinajstić information content (AvgIpc) is 2.74. The van der Waals surface area contributed by atoms with Crippen LogP contribution in [-0.2, 0) is 0 Å². The molecule has 0 spiro atoms. The SMILES string of the molecule is CC.CC.Cc1cc(C)c2oc(=O)[nH]c2c1C. The lowest BCUT2D eigenvalue weighted by molar-refractivity contribution is 0.553. The van der Waals surface area contributed by atoms with Gasteiger partial charge >= 0.3 is 5.76 Å². The monoisotopic (exact) mass is 237 g/mol. The van der Waals surface area contributed by atoms with Crippen LogP contribution in [0.25, 0.3) is 11.1 Å². The fourth-order valence-corrected chi connectivity index (χ4v) is 1.57. The predicted molar refractivity (Wildman–Crippen MR) is 73.7 cm³/mol. The summed E-state index contributed by atoms with van der Waals surface area (Å²) in [7, 11) is 0. The minimum Gasteiger partial charge on any atom is -0.408 e. The van der Waals surface area contributed by atoms with Gasteiger partial charge in [0.05, 0.1) is 5.52 Å². The van der Waals surface area contributed by atoms with Crippen molar-refractivity contribution >= 4 is 11.1 Å². The van der Waals surface area contributed by atoms with E-state index >= 15 is 0 Å². The molecule has 2 rings (SSSR count). The van der Waals surface area contributed by atoms with E-state index in [1.165, 1.54) is 5.56 Å². The second-order valence-electron chi connectivity index (χ2n) is 3.35. The van der Waals surface area contributed by atoms with Crippen LogP contribution in [-0.4, -0.2) is 4.98 Å². The molecular weight excluding hydrogens is 214 g/mol. The summed E-state index contributed by atoms with van der Waals surface area (Å²) in [6, 6.07) is 2.02. The summed E-state index contributed by atoms with van der Waals surface area (Å²) in [5.41, 5.74) is 4.74. The van der Waals surface area contributed by atoms with E-state index in [0.717, 1.165) is 16.6 Å². The lowest BCUT2D eigenvalue weighted by atomic mass is 10.1. The van der Waals surface area contributed by atoms with Crippen LogP contribution in [0, 0.1) is 20.8 Å². The summed E-state index contributed by atoms with van der Waals surface area (Å²) in [5, 5.41) is 0. The number of hydrogen-bond donors (Lipinski definition) is 1. The first-order chi connectivity index (χ1) is 8.09. The van der Waals surface area contributed by atoms with Crippen LogP contribution in [0.3, 0.4) is 0 Å². The highest BCUT2D eigenvalue weighted by atomic mass is 16.4. The number of aromatic nitrogens is 1. The Labute approximate surface area is 103 Å². The molecule has 0 aliphatic carbocycles. The fourth-order valence-electron chi connectivity index (χ4n) is 1.57. The fraction of sp³-hybridized carbons (Fsp3) is 0.500. The van der Waals surface area contributed by atoms with Gasteiger partial charge in [-0.2, -0.15) is 0 Å². The van der Waals surface area contributed by atoms with Crippen LogP contribution in [0.15, 0.2) is 15.3 Å². The Morgan fingerprint density at radius 3 is 2.06 bits per heavy atom. The highest BCUT2D eigenvalue weighted by Crippen LogP contribution is 2.21. The molecule has 1 aromatic carbocycles. The van der Waals surface area contributed by atoms with Crippen molar-refractivity contribution in [3.63, 3.8) is 0 Å². The zero-order chi connectivity index (χ0) is 13.6. The number of hydrogen-bond acceptors (Lipinski definition) is 2. The van der Waals surface area contributed by atoms with Gasteiger partial charge < -0.3 is 4.42 Å². The second-order valence-corrected chi connectivity index (χ2v) is 3.35. The molecule has 0 aliphatic rings. The Balaban J connectivity index is 0.000000581. The van der Waals surface area contributed by atoms with E-state index in [2.05, 4.69) is 4.98 Å². The molecule has 0 atom stereocenters.